The summed E-state index contributed by atoms with van der Waals surface area (Å²) in [6.45, 7) is 13.2. The summed E-state index contributed by atoms with van der Waals surface area (Å²) < 4.78 is 5.83. The van der Waals surface area contributed by atoms with E-state index in [-0.39, 0.29) is 12.2 Å². The summed E-state index contributed by atoms with van der Waals surface area (Å²) in [4.78, 5) is 12.2. The van der Waals surface area contributed by atoms with Crippen molar-refractivity contribution in [3.05, 3.63) is 11.6 Å². The molecule has 0 aromatic heterocycles. The molecule has 1 amide bonds. The predicted octanol–water partition coefficient (Wildman–Crippen LogP) is 8.91. The number of allylic oxidation sites excluding steroid dienone is 1. The Labute approximate surface area is 224 Å². The Morgan fingerprint density at radius 2 is 1.89 bits per heavy atom. The minimum absolute atomic E-state index is 0.0475. The van der Waals surface area contributed by atoms with E-state index in [1.807, 2.05) is 0 Å². The number of rotatable bonds is 9. The average Bonchev–Trinajstić information content (AvgIpc) is 3.16. The molecule has 0 unspecified atom stereocenters. The summed E-state index contributed by atoms with van der Waals surface area (Å²) in [5.41, 5.74) is 2.47. The van der Waals surface area contributed by atoms with Crippen LogP contribution in [0.4, 0.5) is 4.79 Å². The SMILES string of the molecule is CC(C)CCC[C@@H](C)[C@H]1CC[C@H]2[C@@H]3CC=C4C[C@@H](OC(=O)NCCCBr)CC[C@]4(C)[C@H]3CC[C@]12C. The van der Waals surface area contributed by atoms with Gasteiger partial charge in [-0.3, -0.25) is 0 Å². The van der Waals surface area contributed by atoms with E-state index in [2.05, 4.69) is 61.9 Å². The molecule has 3 nitrogen and oxygen atoms in total. The summed E-state index contributed by atoms with van der Waals surface area (Å²) in [6.07, 6.45) is 17.7. The Kier molecular flexibility index (Phi) is 9.03. The van der Waals surface area contributed by atoms with E-state index in [1.54, 1.807) is 5.57 Å². The first-order valence-corrected chi connectivity index (χ1v) is 16.0. The first-order chi connectivity index (χ1) is 16.7. The number of carbonyl (C=O) groups is 1. The lowest BCUT2D eigenvalue weighted by Crippen LogP contribution is -2.51. The monoisotopic (exact) mass is 549 g/mol. The number of fused-ring (bicyclic) bond motifs is 5. The number of hydrogen-bond donors (Lipinski definition) is 1. The van der Waals surface area contributed by atoms with Gasteiger partial charge in [-0.25, -0.2) is 4.79 Å². The van der Waals surface area contributed by atoms with Crippen molar-refractivity contribution in [1.82, 2.24) is 5.32 Å². The zero-order valence-electron chi connectivity index (χ0n) is 23.2. The Balaban J connectivity index is 1.39. The van der Waals surface area contributed by atoms with Crippen LogP contribution in [0.1, 0.15) is 112 Å². The van der Waals surface area contributed by atoms with Crippen LogP contribution < -0.4 is 5.32 Å². The number of nitrogens with one attached hydrogen (secondary N) is 1. The number of halogens is 1. The van der Waals surface area contributed by atoms with Gasteiger partial charge >= 0.3 is 6.09 Å². The highest BCUT2D eigenvalue weighted by molar-refractivity contribution is 9.09. The number of ether oxygens (including phenoxy) is 1. The van der Waals surface area contributed by atoms with Crippen LogP contribution in [-0.4, -0.2) is 24.1 Å². The molecular weight excluding hydrogens is 498 g/mol. The van der Waals surface area contributed by atoms with Gasteiger partial charge in [-0.15, -0.1) is 0 Å². The van der Waals surface area contributed by atoms with Crippen LogP contribution in [0.5, 0.6) is 0 Å². The lowest BCUT2D eigenvalue weighted by molar-refractivity contribution is -0.0581. The Hall–Kier alpha value is -0.510. The molecule has 0 saturated heterocycles. The number of hydrogen-bond acceptors (Lipinski definition) is 2. The molecule has 0 radical (unpaired) electrons. The lowest BCUT2D eigenvalue weighted by Gasteiger charge is -2.58. The highest BCUT2D eigenvalue weighted by atomic mass is 79.9. The van der Waals surface area contributed by atoms with Gasteiger partial charge in [0.15, 0.2) is 0 Å². The number of alkyl carbamates (subject to hydrolysis) is 1. The summed E-state index contributed by atoms with van der Waals surface area (Å²) in [5.74, 6) is 5.22. The Morgan fingerprint density at radius 3 is 2.63 bits per heavy atom. The highest BCUT2D eigenvalue weighted by Gasteiger charge is 2.59. The molecule has 4 aliphatic carbocycles. The van der Waals surface area contributed by atoms with Crippen molar-refractivity contribution in [2.75, 3.05) is 11.9 Å². The van der Waals surface area contributed by atoms with Crippen molar-refractivity contribution in [2.45, 2.75) is 118 Å². The molecule has 0 aliphatic heterocycles. The van der Waals surface area contributed by atoms with E-state index in [0.29, 0.717) is 17.4 Å². The number of amides is 1. The van der Waals surface area contributed by atoms with Crippen LogP contribution >= 0.6 is 15.9 Å². The minimum Gasteiger partial charge on any atom is -0.446 e. The Bertz CT molecular complexity index is 765. The van der Waals surface area contributed by atoms with Crippen molar-refractivity contribution in [3.8, 4) is 0 Å². The second-order valence-corrected chi connectivity index (χ2v) is 14.3. The van der Waals surface area contributed by atoms with Gasteiger partial charge in [0.1, 0.15) is 6.10 Å². The zero-order valence-corrected chi connectivity index (χ0v) is 24.8. The first kappa shape index (κ1) is 27.5. The van der Waals surface area contributed by atoms with Crippen LogP contribution in [0.3, 0.4) is 0 Å². The molecule has 0 aromatic rings. The van der Waals surface area contributed by atoms with Gasteiger partial charge in [-0.05, 0) is 97.7 Å². The smallest absolute Gasteiger partial charge is 0.407 e. The van der Waals surface area contributed by atoms with Crippen molar-refractivity contribution < 1.29 is 9.53 Å². The fourth-order valence-electron chi connectivity index (χ4n) is 9.20. The van der Waals surface area contributed by atoms with E-state index >= 15 is 0 Å². The number of alkyl halides is 1. The molecule has 0 spiro atoms. The third-order valence-corrected chi connectivity index (χ3v) is 11.7. The highest BCUT2D eigenvalue weighted by Crippen LogP contribution is 2.67. The standard InChI is InChI=1S/C31H52BrNO2/c1-21(2)8-6-9-22(3)26-12-13-27-25-11-10-23-20-24(35-29(34)33-19-7-18-32)14-16-30(23,4)28(25)15-17-31(26,27)5/h10,21-22,24-28H,6-9,11-20H2,1-5H3,(H,33,34)/t22-,24+,25+,26-,27+,28+,30+,31-/m1/s1. The van der Waals surface area contributed by atoms with Crippen LogP contribution in [0, 0.1) is 46.3 Å². The molecule has 4 rings (SSSR count). The van der Waals surface area contributed by atoms with Crippen LogP contribution in [0.15, 0.2) is 11.6 Å². The summed E-state index contributed by atoms with van der Waals surface area (Å²) in [7, 11) is 0. The van der Waals surface area contributed by atoms with Gasteiger partial charge in [0.2, 0.25) is 0 Å². The predicted molar refractivity (Wildman–Crippen MR) is 150 cm³/mol. The second kappa shape index (κ2) is 11.5. The van der Waals surface area contributed by atoms with E-state index < -0.39 is 0 Å². The average molecular weight is 551 g/mol. The normalized spacial score (nSPS) is 39.3. The molecule has 0 aromatic carbocycles. The molecule has 0 bridgehead atoms. The molecule has 200 valence electrons. The fraction of sp³-hybridized carbons (Fsp3) is 0.903. The van der Waals surface area contributed by atoms with Gasteiger partial charge in [0.25, 0.3) is 0 Å². The fourth-order valence-corrected chi connectivity index (χ4v) is 9.48. The topological polar surface area (TPSA) is 38.3 Å². The largest absolute Gasteiger partial charge is 0.446 e. The van der Waals surface area contributed by atoms with Gasteiger partial charge in [-0.1, -0.05) is 81.5 Å². The number of carbonyl (C=O) groups excluding carboxylic acids is 1. The van der Waals surface area contributed by atoms with Gasteiger partial charge in [0, 0.05) is 18.3 Å². The van der Waals surface area contributed by atoms with Crippen molar-refractivity contribution >= 4 is 22.0 Å². The van der Waals surface area contributed by atoms with Crippen molar-refractivity contribution in [2.24, 2.45) is 46.3 Å². The molecule has 4 heteroatoms. The summed E-state index contributed by atoms with van der Waals surface area (Å²) in [5, 5.41) is 3.81. The molecule has 0 heterocycles. The minimum atomic E-state index is -0.234. The molecule has 8 atom stereocenters. The maximum atomic E-state index is 12.2. The molecule has 4 aliphatic rings. The van der Waals surface area contributed by atoms with Crippen molar-refractivity contribution in [1.29, 1.82) is 0 Å². The van der Waals surface area contributed by atoms with Crippen LogP contribution in [-0.2, 0) is 4.74 Å². The van der Waals surface area contributed by atoms with Crippen LogP contribution in [0.2, 0.25) is 0 Å². The van der Waals surface area contributed by atoms with E-state index in [1.165, 1.54) is 57.8 Å². The quantitative estimate of drug-likeness (QED) is 0.177. The van der Waals surface area contributed by atoms with E-state index in [0.717, 1.165) is 60.1 Å². The van der Waals surface area contributed by atoms with Crippen LogP contribution in [0.25, 0.3) is 0 Å². The second-order valence-electron chi connectivity index (χ2n) is 13.5. The summed E-state index contributed by atoms with van der Waals surface area (Å²) >= 11 is 3.42. The molecule has 3 saturated carbocycles. The lowest BCUT2D eigenvalue weighted by atomic mass is 9.47. The maximum absolute atomic E-state index is 12.2. The third kappa shape index (κ3) is 5.68. The first-order valence-electron chi connectivity index (χ1n) is 14.9. The maximum Gasteiger partial charge on any atom is 0.407 e. The third-order valence-electron chi connectivity index (χ3n) is 11.1. The molecule has 3 fully saturated rings. The van der Waals surface area contributed by atoms with Gasteiger partial charge in [-0.2, -0.15) is 0 Å². The zero-order chi connectivity index (χ0) is 25.2. The van der Waals surface area contributed by atoms with E-state index in [4.69, 9.17) is 4.74 Å². The molecule has 35 heavy (non-hydrogen) atoms. The van der Waals surface area contributed by atoms with Gasteiger partial charge < -0.3 is 10.1 Å². The summed E-state index contributed by atoms with van der Waals surface area (Å²) in [6, 6.07) is 0. The van der Waals surface area contributed by atoms with Crippen molar-refractivity contribution in [3.63, 3.8) is 0 Å². The van der Waals surface area contributed by atoms with E-state index in [9.17, 15) is 4.79 Å². The molecule has 1 N–H and O–H groups in total. The Morgan fingerprint density at radius 1 is 1.09 bits per heavy atom. The molecular formula is C31H52BrNO2. The van der Waals surface area contributed by atoms with Gasteiger partial charge in [0.05, 0.1) is 0 Å².